The van der Waals surface area contributed by atoms with E-state index in [1.807, 2.05) is 41.7 Å². The smallest absolute Gasteiger partial charge is 0.0991 e. The van der Waals surface area contributed by atoms with Crippen LogP contribution in [0.3, 0.4) is 0 Å². The predicted molar refractivity (Wildman–Crippen MR) is 188 cm³/mol. The maximum absolute atomic E-state index is 8.76. The van der Waals surface area contributed by atoms with E-state index in [1.54, 1.807) is 24.3 Å². The van der Waals surface area contributed by atoms with Gasteiger partial charge in [-0.2, -0.15) is 10.5 Å². The summed E-state index contributed by atoms with van der Waals surface area (Å²) in [5, 5.41) is 18.7. The largest absolute Gasteiger partial charge is 0.326 e. The minimum atomic E-state index is 0.502. The van der Waals surface area contributed by atoms with Crippen LogP contribution in [0.25, 0.3) is 0 Å². The summed E-state index contributed by atoms with van der Waals surface area (Å²) in [7, 11) is 0. The average Bonchev–Trinajstić information content (AvgIpc) is 2.98. The Morgan fingerprint density at radius 3 is 1.47 bits per heavy atom. The predicted octanol–water partition coefficient (Wildman–Crippen LogP) is 10.7. The van der Waals surface area contributed by atoms with Gasteiger partial charge in [0.25, 0.3) is 0 Å². The SMILES string of the molecule is CC1(C)CCCC(Sc2ccc(C#N)cc2)C1.CC1(C)CCCC(Sc2ccc(CN)cc2)C1.N#Cc1ccc(S)cc1. The van der Waals surface area contributed by atoms with Crippen molar-refractivity contribution in [2.75, 3.05) is 0 Å². The molecule has 228 valence electrons. The zero-order valence-electron chi connectivity index (χ0n) is 26.2. The quantitative estimate of drug-likeness (QED) is 0.275. The number of rotatable bonds is 5. The minimum Gasteiger partial charge on any atom is -0.326 e. The van der Waals surface area contributed by atoms with Crippen molar-refractivity contribution in [1.29, 1.82) is 10.5 Å². The van der Waals surface area contributed by atoms with E-state index in [9.17, 15) is 0 Å². The Morgan fingerprint density at radius 2 is 1.09 bits per heavy atom. The van der Waals surface area contributed by atoms with Gasteiger partial charge in [-0.1, -0.05) is 52.7 Å². The van der Waals surface area contributed by atoms with Crippen molar-refractivity contribution in [3.63, 3.8) is 0 Å². The van der Waals surface area contributed by atoms with Crippen molar-refractivity contribution in [2.24, 2.45) is 16.6 Å². The normalized spacial score (nSPS) is 20.2. The maximum Gasteiger partial charge on any atom is 0.0991 e. The Bertz CT molecular complexity index is 1330. The molecule has 2 saturated carbocycles. The van der Waals surface area contributed by atoms with Crippen LogP contribution in [-0.2, 0) is 6.54 Å². The fourth-order valence-corrected chi connectivity index (χ4v) is 8.84. The van der Waals surface area contributed by atoms with E-state index in [0.717, 1.165) is 21.0 Å². The molecule has 43 heavy (non-hydrogen) atoms. The van der Waals surface area contributed by atoms with E-state index in [-0.39, 0.29) is 0 Å². The van der Waals surface area contributed by atoms with E-state index in [4.69, 9.17) is 16.3 Å². The van der Waals surface area contributed by atoms with E-state index in [2.05, 4.69) is 82.8 Å². The van der Waals surface area contributed by atoms with Crippen molar-refractivity contribution in [3.8, 4) is 12.1 Å². The van der Waals surface area contributed by atoms with E-state index < -0.39 is 0 Å². The maximum atomic E-state index is 8.76. The highest BCUT2D eigenvalue weighted by atomic mass is 32.2. The van der Waals surface area contributed by atoms with Gasteiger partial charge in [-0.3, -0.25) is 0 Å². The highest BCUT2D eigenvalue weighted by Gasteiger charge is 2.29. The second-order valence-corrected chi connectivity index (χ2v) is 16.4. The highest BCUT2D eigenvalue weighted by molar-refractivity contribution is 8.00. The summed E-state index contributed by atoms with van der Waals surface area (Å²) >= 11 is 8.08. The van der Waals surface area contributed by atoms with Gasteiger partial charge in [0.2, 0.25) is 0 Å². The molecule has 2 fully saturated rings. The first-order chi connectivity index (χ1) is 20.5. The van der Waals surface area contributed by atoms with Gasteiger partial charge < -0.3 is 5.73 Å². The lowest BCUT2D eigenvalue weighted by Gasteiger charge is -2.34. The molecule has 0 amide bonds. The summed E-state index contributed by atoms with van der Waals surface area (Å²) in [5.74, 6) is 0. The Hall–Kier alpha value is -2.35. The van der Waals surface area contributed by atoms with Gasteiger partial charge in [0.15, 0.2) is 0 Å². The molecule has 2 atom stereocenters. The van der Waals surface area contributed by atoms with E-state index in [0.29, 0.717) is 22.9 Å². The second kappa shape index (κ2) is 17.2. The Balaban J connectivity index is 0.000000186. The zero-order valence-corrected chi connectivity index (χ0v) is 28.7. The molecule has 2 unspecified atom stereocenters. The lowest BCUT2D eigenvalue weighted by atomic mass is 9.77. The fourth-order valence-electron chi connectivity index (χ4n) is 5.69. The summed E-state index contributed by atoms with van der Waals surface area (Å²) in [6.45, 7) is 10.2. The van der Waals surface area contributed by atoms with Crippen LogP contribution in [0.2, 0.25) is 0 Å². The minimum absolute atomic E-state index is 0.502. The lowest BCUT2D eigenvalue weighted by Crippen LogP contribution is -2.24. The number of nitrogens with two attached hydrogens (primary N) is 1. The number of nitriles is 2. The van der Waals surface area contributed by atoms with Crippen LogP contribution in [0, 0.1) is 33.5 Å². The Morgan fingerprint density at radius 1 is 0.698 bits per heavy atom. The molecule has 0 aromatic heterocycles. The van der Waals surface area contributed by atoms with Gasteiger partial charge in [-0.05, 0) is 116 Å². The Kier molecular flexibility index (Phi) is 14.1. The molecule has 2 aliphatic rings. The standard InChI is InChI=1S/C15H23NS.C15H19NS.C7H5NS/c2*1-15(2)9-3-4-14(10-15)17-13-7-5-12(11-16)6-8-13;8-5-6-1-3-7(9)4-2-6/h5-8,14H,3-4,9-11,16H2,1-2H3;5-8,14H,3-4,9-10H2,1-2H3;1-4,9H. The van der Waals surface area contributed by atoms with Crippen LogP contribution in [0.1, 0.15) is 95.8 Å². The topological polar surface area (TPSA) is 73.6 Å². The number of benzene rings is 3. The van der Waals surface area contributed by atoms with E-state index >= 15 is 0 Å². The van der Waals surface area contributed by atoms with Crippen molar-refractivity contribution in [3.05, 3.63) is 89.5 Å². The number of nitrogens with zero attached hydrogens (tertiary/aromatic N) is 2. The third-order valence-corrected chi connectivity index (χ3v) is 10.9. The summed E-state index contributed by atoms with van der Waals surface area (Å²) < 4.78 is 0. The number of hydrogen-bond acceptors (Lipinski definition) is 6. The first-order valence-corrected chi connectivity index (χ1v) is 17.5. The van der Waals surface area contributed by atoms with Crippen LogP contribution >= 0.6 is 36.2 Å². The molecule has 2 N–H and O–H groups in total. The fraction of sp³-hybridized carbons (Fsp3) is 0.459. The molecule has 3 aromatic carbocycles. The van der Waals surface area contributed by atoms with Crippen LogP contribution in [0.5, 0.6) is 0 Å². The third-order valence-electron chi connectivity index (χ3n) is 8.06. The summed E-state index contributed by atoms with van der Waals surface area (Å²) in [4.78, 5) is 3.57. The van der Waals surface area contributed by atoms with Crippen molar-refractivity contribution >= 4 is 36.2 Å². The van der Waals surface area contributed by atoms with Crippen LogP contribution in [0.4, 0.5) is 0 Å². The summed E-state index contributed by atoms with van der Waals surface area (Å²) in [5.41, 5.74) is 9.29. The zero-order chi connectivity index (χ0) is 31.3. The van der Waals surface area contributed by atoms with Crippen LogP contribution < -0.4 is 5.73 Å². The number of thiol groups is 1. The van der Waals surface area contributed by atoms with Gasteiger partial charge in [-0.25, -0.2) is 0 Å². The molecule has 3 nitrogen and oxygen atoms in total. The third kappa shape index (κ3) is 13.0. The first kappa shape index (κ1) is 35.1. The molecular weight excluding hydrogens is 583 g/mol. The molecule has 6 heteroatoms. The first-order valence-electron chi connectivity index (χ1n) is 15.3. The molecule has 0 aliphatic heterocycles. The molecule has 0 radical (unpaired) electrons. The molecule has 0 bridgehead atoms. The average molecular weight is 630 g/mol. The molecule has 2 aliphatic carbocycles. The number of hydrogen-bond donors (Lipinski definition) is 2. The Labute approximate surface area is 274 Å². The van der Waals surface area contributed by atoms with Gasteiger partial charge in [0, 0.05) is 31.7 Å². The van der Waals surface area contributed by atoms with Gasteiger partial charge in [0.1, 0.15) is 0 Å². The van der Waals surface area contributed by atoms with E-state index in [1.165, 1.54) is 66.7 Å². The summed E-state index contributed by atoms with van der Waals surface area (Å²) in [6, 6.07) is 28.0. The molecule has 0 spiro atoms. The van der Waals surface area contributed by atoms with Crippen molar-refractivity contribution < 1.29 is 0 Å². The molecule has 3 aromatic rings. The second-order valence-electron chi connectivity index (χ2n) is 13.1. The van der Waals surface area contributed by atoms with Gasteiger partial charge >= 0.3 is 0 Å². The molecule has 5 rings (SSSR count). The van der Waals surface area contributed by atoms with Crippen LogP contribution in [-0.4, -0.2) is 10.5 Å². The van der Waals surface area contributed by atoms with Crippen LogP contribution in [0.15, 0.2) is 87.5 Å². The van der Waals surface area contributed by atoms with Crippen molar-refractivity contribution in [2.45, 2.75) is 111 Å². The van der Waals surface area contributed by atoms with Gasteiger partial charge in [0.05, 0.1) is 23.3 Å². The molecule has 0 heterocycles. The summed E-state index contributed by atoms with van der Waals surface area (Å²) in [6.07, 6.45) is 10.8. The highest BCUT2D eigenvalue weighted by Crippen LogP contribution is 2.43. The van der Waals surface area contributed by atoms with Crippen molar-refractivity contribution in [1.82, 2.24) is 0 Å². The monoisotopic (exact) mass is 629 g/mol. The van der Waals surface area contributed by atoms with Gasteiger partial charge in [-0.15, -0.1) is 36.2 Å². The molecular formula is C37H47N3S3. The number of thioether (sulfide) groups is 2. The molecule has 0 saturated heterocycles. The lowest BCUT2D eigenvalue weighted by molar-refractivity contribution is 0.250.